The molecule has 0 fully saturated rings. The first-order chi connectivity index (χ1) is 16.6. The quantitative estimate of drug-likeness (QED) is 0.296. The van der Waals surface area contributed by atoms with Crippen molar-refractivity contribution in [2.75, 3.05) is 5.32 Å². The fourth-order valence-corrected chi connectivity index (χ4v) is 5.25. The second-order valence-electron chi connectivity index (χ2n) is 9.54. The van der Waals surface area contributed by atoms with Crippen molar-refractivity contribution in [2.24, 2.45) is 0 Å². The molecule has 0 spiro atoms. The zero-order chi connectivity index (χ0) is 23.1. The van der Waals surface area contributed by atoms with E-state index >= 15 is 0 Å². The lowest BCUT2D eigenvalue weighted by Gasteiger charge is -2.22. The van der Waals surface area contributed by atoms with Crippen LogP contribution in [-0.2, 0) is 5.41 Å². The van der Waals surface area contributed by atoms with E-state index in [1.807, 2.05) is 0 Å². The Morgan fingerprint density at radius 1 is 0.471 bits per heavy atom. The molecule has 0 saturated carbocycles. The molecule has 1 nitrogen and oxygen atoms in total. The summed E-state index contributed by atoms with van der Waals surface area (Å²) >= 11 is 0. The van der Waals surface area contributed by atoms with Crippen LogP contribution >= 0.6 is 0 Å². The number of benzene rings is 5. The molecule has 0 radical (unpaired) electrons. The van der Waals surface area contributed by atoms with Crippen molar-refractivity contribution in [3.8, 4) is 33.4 Å². The van der Waals surface area contributed by atoms with Crippen LogP contribution in [0.1, 0.15) is 25.0 Å². The molecule has 0 amide bonds. The van der Waals surface area contributed by atoms with E-state index in [0.717, 1.165) is 11.4 Å². The minimum absolute atomic E-state index is 0.00357. The molecule has 5 aromatic rings. The van der Waals surface area contributed by atoms with Gasteiger partial charge in [0.05, 0.1) is 0 Å². The first kappa shape index (κ1) is 20.5. The summed E-state index contributed by atoms with van der Waals surface area (Å²) in [4.78, 5) is 0. The van der Waals surface area contributed by atoms with E-state index in [4.69, 9.17) is 0 Å². The summed E-state index contributed by atoms with van der Waals surface area (Å²) in [6.45, 7) is 4.65. The third-order valence-corrected chi connectivity index (χ3v) is 7.09. The largest absolute Gasteiger partial charge is 0.355 e. The van der Waals surface area contributed by atoms with Crippen molar-refractivity contribution in [1.29, 1.82) is 0 Å². The second-order valence-corrected chi connectivity index (χ2v) is 9.54. The first-order valence-corrected chi connectivity index (χ1v) is 11.9. The molecule has 1 N–H and O–H groups in total. The lowest BCUT2D eigenvalue weighted by molar-refractivity contribution is 0.660. The van der Waals surface area contributed by atoms with Crippen molar-refractivity contribution < 1.29 is 0 Å². The molecule has 5 aromatic carbocycles. The van der Waals surface area contributed by atoms with Crippen LogP contribution < -0.4 is 5.32 Å². The highest BCUT2D eigenvalue weighted by Crippen LogP contribution is 2.49. The van der Waals surface area contributed by atoms with Gasteiger partial charge < -0.3 is 5.32 Å². The van der Waals surface area contributed by atoms with Crippen molar-refractivity contribution in [3.05, 3.63) is 132 Å². The molecule has 0 unspecified atom stereocenters. The minimum atomic E-state index is -0.00357. The highest BCUT2D eigenvalue weighted by atomic mass is 14.9. The van der Waals surface area contributed by atoms with Crippen molar-refractivity contribution >= 4 is 11.4 Å². The Labute approximate surface area is 201 Å². The minimum Gasteiger partial charge on any atom is -0.355 e. The van der Waals surface area contributed by atoms with Crippen molar-refractivity contribution in [1.82, 2.24) is 0 Å². The van der Waals surface area contributed by atoms with Crippen LogP contribution in [0.5, 0.6) is 0 Å². The number of para-hydroxylation sites is 1. The Morgan fingerprint density at radius 2 is 1.06 bits per heavy atom. The van der Waals surface area contributed by atoms with Crippen molar-refractivity contribution in [2.45, 2.75) is 19.3 Å². The molecular weight excluding hydrogens is 410 g/mol. The lowest BCUT2D eigenvalue weighted by Crippen LogP contribution is -2.15. The van der Waals surface area contributed by atoms with Gasteiger partial charge in [-0.2, -0.15) is 0 Å². The standard InChI is InChI=1S/C33H27N/c1-33(2)30-14-8-6-13-28(30)29-21-20-26(22-31(29)33)34-32-15-9-7-12-27(32)25-18-16-24(17-19-25)23-10-4-3-5-11-23/h3-22,34H,1-2H3. The maximum Gasteiger partial charge on any atom is 0.0463 e. The van der Waals surface area contributed by atoms with Gasteiger partial charge in [0.15, 0.2) is 0 Å². The Hall–Kier alpha value is -4.10. The third-order valence-electron chi connectivity index (χ3n) is 7.09. The molecule has 1 aliphatic rings. The fourth-order valence-electron chi connectivity index (χ4n) is 5.25. The van der Waals surface area contributed by atoms with E-state index in [1.165, 1.54) is 44.5 Å². The number of nitrogens with one attached hydrogen (secondary N) is 1. The van der Waals surface area contributed by atoms with E-state index in [1.54, 1.807) is 0 Å². The van der Waals surface area contributed by atoms with E-state index in [0.29, 0.717) is 0 Å². The highest BCUT2D eigenvalue weighted by Gasteiger charge is 2.35. The van der Waals surface area contributed by atoms with E-state index in [9.17, 15) is 0 Å². The van der Waals surface area contributed by atoms with Crippen LogP contribution in [0.15, 0.2) is 121 Å². The monoisotopic (exact) mass is 437 g/mol. The van der Waals surface area contributed by atoms with Gasteiger partial charge in [0.25, 0.3) is 0 Å². The van der Waals surface area contributed by atoms with Gasteiger partial charge in [-0.1, -0.05) is 117 Å². The summed E-state index contributed by atoms with van der Waals surface area (Å²) in [5.74, 6) is 0. The number of hydrogen-bond donors (Lipinski definition) is 1. The average molecular weight is 438 g/mol. The number of rotatable bonds is 4. The molecule has 0 aromatic heterocycles. The second kappa shape index (κ2) is 8.04. The lowest BCUT2D eigenvalue weighted by atomic mass is 9.82. The average Bonchev–Trinajstić information content (AvgIpc) is 3.12. The highest BCUT2D eigenvalue weighted by molar-refractivity contribution is 5.85. The van der Waals surface area contributed by atoms with Crippen LogP contribution in [0.2, 0.25) is 0 Å². The number of hydrogen-bond acceptors (Lipinski definition) is 1. The molecule has 1 aliphatic carbocycles. The van der Waals surface area contributed by atoms with Gasteiger partial charge in [-0.25, -0.2) is 0 Å². The molecular formula is C33H27N. The fraction of sp³-hybridized carbons (Fsp3) is 0.0909. The smallest absolute Gasteiger partial charge is 0.0463 e. The molecule has 6 rings (SSSR count). The SMILES string of the molecule is CC1(C)c2ccccc2-c2ccc(Nc3ccccc3-c3ccc(-c4ccccc4)cc3)cc21. The van der Waals surface area contributed by atoms with Crippen molar-refractivity contribution in [3.63, 3.8) is 0 Å². The van der Waals surface area contributed by atoms with Gasteiger partial charge in [0, 0.05) is 22.4 Å². The van der Waals surface area contributed by atoms with E-state index < -0.39 is 0 Å². The summed E-state index contributed by atoms with van der Waals surface area (Å²) in [7, 11) is 0. The molecule has 0 saturated heterocycles. The van der Waals surface area contributed by atoms with Crippen LogP contribution in [0.25, 0.3) is 33.4 Å². The molecule has 0 atom stereocenters. The summed E-state index contributed by atoms with van der Waals surface area (Å²) in [5.41, 5.74) is 12.6. The van der Waals surface area contributed by atoms with Gasteiger partial charge in [0.2, 0.25) is 0 Å². The number of fused-ring (bicyclic) bond motifs is 3. The zero-order valence-corrected chi connectivity index (χ0v) is 19.5. The van der Waals surface area contributed by atoms with E-state index in [-0.39, 0.29) is 5.41 Å². The van der Waals surface area contributed by atoms with Gasteiger partial charge in [-0.3, -0.25) is 0 Å². The predicted octanol–water partition coefficient (Wildman–Crippen LogP) is 9.07. The Morgan fingerprint density at radius 3 is 1.85 bits per heavy atom. The van der Waals surface area contributed by atoms with Gasteiger partial charge in [0.1, 0.15) is 0 Å². The molecule has 0 bridgehead atoms. The van der Waals surface area contributed by atoms with Crippen LogP contribution in [0.4, 0.5) is 11.4 Å². The Balaban J connectivity index is 1.33. The molecule has 1 heteroatoms. The zero-order valence-electron chi connectivity index (χ0n) is 19.5. The van der Waals surface area contributed by atoms with Gasteiger partial charge >= 0.3 is 0 Å². The summed E-state index contributed by atoms with van der Waals surface area (Å²) < 4.78 is 0. The summed E-state index contributed by atoms with van der Waals surface area (Å²) in [6.07, 6.45) is 0. The maximum atomic E-state index is 3.71. The molecule has 164 valence electrons. The number of anilines is 2. The molecule has 0 aliphatic heterocycles. The Bertz CT molecular complexity index is 1480. The predicted molar refractivity (Wildman–Crippen MR) is 145 cm³/mol. The normalized spacial score (nSPS) is 13.2. The van der Waals surface area contributed by atoms with Crippen LogP contribution in [-0.4, -0.2) is 0 Å². The molecule has 0 heterocycles. The van der Waals surface area contributed by atoms with Crippen LogP contribution in [0, 0.1) is 0 Å². The molecule has 34 heavy (non-hydrogen) atoms. The van der Waals surface area contributed by atoms with Gasteiger partial charge in [-0.05, 0) is 57.1 Å². The topological polar surface area (TPSA) is 12.0 Å². The van der Waals surface area contributed by atoms with E-state index in [2.05, 4.69) is 140 Å². The maximum absolute atomic E-state index is 3.71. The first-order valence-electron chi connectivity index (χ1n) is 11.9. The summed E-state index contributed by atoms with van der Waals surface area (Å²) in [6, 6.07) is 43.5. The summed E-state index contributed by atoms with van der Waals surface area (Å²) in [5, 5.41) is 3.71. The third kappa shape index (κ3) is 3.41. The van der Waals surface area contributed by atoms with Crippen LogP contribution in [0.3, 0.4) is 0 Å². The Kier molecular flexibility index (Phi) is 4.85. The van der Waals surface area contributed by atoms with Gasteiger partial charge in [-0.15, -0.1) is 0 Å².